The second-order valence-corrected chi connectivity index (χ2v) is 34.1. The highest BCUT2D eigenvalue weighted by molar-refractivity contribution is 6.09. The van der Waals surface area contributed by atoms with E-state index in [0.717, 1.165) is 60.0 Å². The van der Waals surface area contributed by atoms with Gasteiger partial charge in [0.1, 0.15) is 43.3 Å². The average Bonchev–Trinajstić information content (AvgIpc) is 1.27. The zero-order valence-corrected chi connectivity index (χ0v) is 78.1. The number of hydrogen-bond acceptors (Lipinski definition) is 29. The average molecular weight is 1860 g/mol. The smallest absolute Gasteiger partial charge is 0.336 e. The minimum absolute atomic E-state index is 0.0121. The van der Waals surface area contributed by atoms with Crippen LogP contribution in [0, 0.1) is 34.5 Å². The van der Waals surface area contributed by atoms with Crippen molar-refractivity contribution in [2.45, 2.75) is 105 Å². The molecule has 1 aliphatic heterocycles. The van der Waals surface area contributed by atoms with E-state index < -0.39 is 11.9 Å². The minimum Gasteiger partial charge on any atom is -0.478 e. The fraction of sp³-hybridized carbons (Fsp3) is 0.598. The van der Waals surface area contributed by atoms with Crippen LogP contribution in [0.25, 0.3) is 44.6 Å². The SMILES string of the molecule is CC(=O)[C@H]1CCC2C3CCC4=C/C(=N/OCC(=O)NCCOCCOCCNC(=O)CCCN(C)c5ccc6c(-c7cc(C(=O)NCCOCCOCCOCCOCCOCCOCCOCCOCCOCCOCCOCCOCCC(=O)NCc8ccc(COc9nc(N)nc%10nc[nH]c9%10)cc8)ccc7C(=O)O)c7ccc(=[N+](C)C)cc-7oc6c5)CC[C@]4(C)C3CC[C@@]21C. The Morgan fingerprint density at radius 3 is 1.71 bits per heavy atom. The van der Waals surface area contributed by atoms with Gasteiger partial charge in [-0.25, -0.2) is 14.4 Å². The van der Waals surface area contributed by atoms with E-state index in [1.165, 1.54) is 43.3 Å². The molecule has 2 aromatic heterocycles. The van der Waals surface area contributed by atoms with Crippen molar-refractivity contribution in [2.75, 3.05) is 250 Å². The third-order valence-corrected chi connectivity index (χ3v) is 24.9. The molecule has 133 heavy (non-hydrogen) atoms. The lowest BCUT2D eigenvalue weighted by Gasteiger charge is -2.58. The molecular formula is C97H137N12O24+. The molecule has 5 aromatic rings. The predicted molar refractivity (Wildman–Crippen MR) is 497 cm³/mol. The molecule has 728 valence electrons. The number of carboxylic acids is 1. The number of aromatic nitrogens is 4. The Balaban J connectivity index is 0.446. The number of carbonyl (C=O) groups excluding carboxylic acids is 5. The summed E-state index contributed by atoms with van der Waals surface area (Å²) in [5, 5.41) is 28.0. The summed E-state index contributed by atoms with van der Waals surface area (Å²) in [6.45, 7) is 19.3. The molecule has 3 saturated carbocycles. The molecule has 5 aliphatic carbocycles. The number of ether oxygens (including phenoxy) is 15. The van der Waals surface area contributed by atoms with E-state index in [-0.39, 0.29) is 97.4 Å². The van der Waals surface area contributed by atoms with Crippen LogP contribution in [0.15, 0.2) is 106 Å². The van der Waals surface area contributed by atoms with Gasteiger partial charge in [0.25, 0.3) is 11.8 Å². The molecule has 3 aromatic carbocycles. The van der Waals surface area contributed by atoms with E-state index in [4.69, 9.17) is 86.0 Å². The first-order valence-corrected chi connectivity index (χ1v) is 46.6. The monoisotopic (exact) mass is 1850 g/mol. The number of anilines is 2. The highest BCUT2D eigenvalue weighted by Gasteiger charge is 2.59. The van der Waals surface area contributed by atoms with Gasteiger partial charge in [0, 0.05) is 98.4 Å². The summed E-state index contributed by atoms with van der Waals surface area (Å²) in [6, 6.07) is 23.7. The van der Waals surface area contributed by atoms with E-state index >= 15 is 0 Å². The number of H-pyrrole nitrogens is 1. The maximum Gasteiger partial charge on any atom is 0.336 e. The number of oxime groups is 1. The number of aromatic amines is 1. The van der Waals surface area contributed by atoms with Gasteiger partial charge in [-0.05, 0) is 152 Å². The Morgan fingerprint density at radius 2 is 1.14 bits per heavy atom. The maximum absolute atomic E-state index is 13.7. The molecule has 8 N–H and O–H groups in total. The van der Waals surface area contributed by atoms with Crippen molar-refractivity contribution < 1.29 is 114 Å². The number of hydrogen-bond donors (Lipinski definition) is 7. The number of rotatable bonds is 65. The van der Waals surface area contributed by atoms with Crippen LogP contribution < -0.4 is 46.6 Å². The molecule has 0 spiro atoms. The lowest BCUT2D eigenvalue weighted by atomic mass is 9.46. The molecule has 0 bridgehead atoms. The quantitative estimate of drug-likeness (QED) is 0.00813. The third kappa shape index (κ3) is 32.6. The van der Waals surface area contributed by atoms with Gasteiger partial charge in [-0.15, -0.1) is 0 Å². The second kappa shape index (κ2) is 55.7. The number of nitrogens with one attached hydrogen (secondary N) is 5. The number of nitrogens with two attached hydrogens (primary N) is 1. The molecular weight excluding hydrogens is 1720 g/mol. The zero-order chi connectivity index (χ0) is 93.8. The number of ketones is 1. The number of carbonyl (C=O) groups is 6. The normalized spacial score (nSPS) is 18.3. The zero-order valence-electron chi connectivity index (χ0n) is 78.1. The molecule has 3 unspecified atom stereocenters. The van der Waals surface area contributed by atoms with E-state index in [2.05, 4.69) is 66.3 Å². The number of carboxylic acid groups (broad SMARTS) is 1. The van der Waals surface area contributed by atoms with Gasteiger partial charge in [-0.1, -0.05) is 48.8 Å². The first-order chi connectivity index (χ1) is 64.8. The van der Waals surface area contributed by atoms with Crippen LogP contribution in [0.5, 0.6) is 5.88 Å². The van der Waals surface area contributed by atoms with Gasteiger partial charge in [0.2, 0.25) is 29.0 Å². The number of allylic oxidation sites excluding steroid dienone is 2. The number of amides is 4. The van der Waals surface area contributed by atoms with Crippen molar-refractivity contribution >= 4 is 74.9 Å². The topological polar surface area (TPSA) is 431 Å². The van der Waals surface area contributed by atoms with Gasteiger partial charge < -0.3 is 122 Å². The van der Waals surface area contributed by atoms with E-state index in [1.54, 1.807) is 13.0 Å². The second-order valence-electron chi connectivity index (χ2n) is 34.1. The van der Waals surface area contributed by atoms with Crippen LogP contribution in [-0.2, 0) is 103 Å². The minimum atomic E-state index is -1.16. The van der Waals surface area contributed by atoms with Crippen molar-refractivity contribution in [2.24, 2.45) is 39.7 Å². The Labute approximate surface area is 777 Å². The fourth-order valence-electron chi connectivity index (χ4n) is 18.0. The fourth-order valence-corrected chi connectivity index (χ4v) is 18.0. The highest BCUT2D eigenvalue weighted by Crippen LogP contribution is 2.67. The van der Waals surface area contributed by atoms with Crippen LogP contribution in [-0.4, -0.2) is 305 Å². The molecule has 4 amide bonds. The number of fused-ring (bicyclic) bond motifs is 8. The lowest BCUT2D eigenvalue weighted by Crippen LogP contribution is -2.51. The van der Waals surface area contributed by atoms with E-state index in [1.807, 2.05) is 91.3 Å². The van der Waals surface area contributed by atoms with Crippen molar-refractivity contribution in [1.82, 2.24) is 45.8 Å². The number of benzene rings is 4. The van der Waals surface area contributed by atoms with Gasteiger partial charge in [0.15, 0.2) is 12.3 Å². The molecule has 11 rings (SSSR count). The van der Waals surface area contributed by atoms with Crippen LogP contribution >= 0.6 is 0 Å². The molecule has 6 aliphatic rings. The highest BCUT2D eigenvalue weighted by atomic mass is 16.6. The Morgan fingerprint density at radius 1 is 0.579 bits per heavy atom. The number of Topliss-reactive ketones (excluding diaryl/α,β-unsaturated/α-hetero) is 1. The number of nitrogens with zero attached hydrogens (tertiary/aromatic N) is 6. The van der Waals surface area contributed by atoms with Crippen molar-refractivity contribution in [3.8, 4) is 28.3 Å². The summed E-state index contributed by atoms with van der Waals surface area (Å²) in [4.78, 5) is 99.9. The molecule has 36 nitrogen and oxygen atoms in total. The summed E-state index contributed by atoms with van der Waals surface area (Å²) < 4.78 is 92.8. The Hall–Kier alpha value is -10.0. The van der Waals surface area contributed by atoms with Crippen LogP contribution in [0.1, 0.15) is 123 Å². The van der Waals surface area contributed by atoms with Gasteiger partial charge in [-0.2, -0.15) is 9.97 Å². The summed E-state index contributed by atoms with van der Waals surface area (Å²) in [5.74, 6) is 1.40. The molecule has 0 radical (unpaired) electrons. The van der Waals surface area contributed by atoms with Gasteiger partial charge >= 0.3 is 5.97 Å². The first kappa shape index (κ1) is 103. The number of aromatic carboxylic acids is 1. The standard InChI is InChI=1S/C97H136N12O24/c1-68(110)81-21-22-82-77-18-14-72-61-73(23-26-96(72,2)83(77)24-27-97(81,82)3)107-132-66-88(113)100-29-34-119-38-37-118-33-28-99-86(111)8-7-31-109(6)75-16-20-79-85(63-75)133-84-62-74(108(4)5)15-19-78(84)89(79)80-60-71(13-17-76(80)94(115)116)92(114)101-30-35-120-39-41-122-43-45-124-47-49-126-51-53-128-55-57-130-59-58-129-56-54-127-52-50-125-48-46-123-44-42-121-40-36-117-32-25-87(112)102-64-69-9-11-70(12-10-69)65-131-93-90-91(104-67-103-90)105-95(98)106-93/h9-13,15-17,19-20,60-63,67,77,81-83H,7-8,14,18,21-59,64-66H2,1-6H3,(H7-,98,99,100,101,102,103,104,105,106,111,112,113,114,115,116)/p+1/b107-73+/t77?,81-,82?,83?,96+,97-/m1/s1. The summed E-state index contributed by atoms with van der Waals surface area (Å²) in [6.07, 6.45) is 13.4. The van der Waals surface area contributed by atoms with Crippen molar-refractivity contribution in [3.63, 3.8) is 0 Å². The number of nitrogen functional groups attached to an aromatic ring is 1. The summed E-state index contributed by atoms with van der Waals surface area (Å²) >= 11 is 0. The maximum atomic E-state index is 13.7. The predicted octanol–water partition coefficient (Wildman–Crippen LogP) is 8.42. The molecule has 0 saturated heterocycles. The number of imidazole rings is 1. The molecule has 6 atom stereocenters. The van der Waals surface area contributed by atoms with Crippen LogP contribution in [0.3, 0.4) is 0 Å². The van der Waals surface area contributed by atoms with Crippen molar-refractivity contribution in [3.05, 3.63) is 124 Å². The van der Waals surface area contributed by atoms with Crippen LogP contribution in [0.4, 0.5) is 11.6 Å². The third-order valence-electron chi connectivity index (χ3n) is 24.9. The molecule has 3 heterocycles. The summed E-state index contributed by atoms with van der Waals surface area (Å²) in [5.41, 5.74) is 14.5. The molecule has 36 heteroatoms. The largest absolute Gasteiger partial charge is 0.478 e. The van der Waals surface area contributed by atoms with E-state index in [0.29, 0.717) is 278 Å². The Kier molecular flexibility index (Phi) is 43.4. The van der Waals surface area contributed by atoms with Gasteiger partial charge in [0.05, 0.1) is 209 Å². The lowest BCUT2D eigenvalue weighted by molar-refractivity contribution is -0.128. The first-order valence-electron chi connectivity index (χ1n) is 46.6. The molecule has 3 fully saturated rings. The summed E-state index contributed by atoms with van der Waals surface area (Å²) in [7, 11) is 5.77. The van der Waals surface area contributed by atoms with Gasteiger partial charge in [-0.3, -0.25) is 24.0 Å². The van der Waals surface area contributed by atoms with Crippen molar-refractivity contribution in [1.29, 1.82) is 0 Å². The Bertz CT molecular complexity index is 4910. The van der Waals surface area contributed by atoms with Crippen LogP contribution in [0.2, 0.25) is 0 Å². The van der Waals surface area contributed by atoms with E-state index in [9.17, 15) is 33.9 Å².